The van der Waals surface area contributed by atoms with E-state index in [0.29, 0.717) is 37.4 Å². The van der Waals surface area contributed by atoms with Gasteiger partial charge in [-0.25, -0.2) is 4.68 Å². The minimum absolute atomic E-state index is 0.00169. The van der Waals surface area contributed by atoms with Gasteiger partial charge in [0, 0.05) is 19.1 Å². The second-order valence-electron chi connectivity index (χ2n) is 8.15. The summed E-state index contributed by atoms with van der Waals surface area (Å²) in [5, 5.41) is 6.85. The van der Waals surface area contributed by atoms with Crippen LogP contribution in [-0.2, 0) is 11.2 Å². The van der Waals surface area contributed by atoms with Gasteiger partial charge < -0.3 is 19.7 Å². The lowest BCUT2D eigenvalue weighted by atomic mass is 9.85. The monoisotopic (exact) mass is 437 g/mol. The van der Waals surface area contributed by atoms with Crippen LogP contribution >= 0.6 is 0 Å². The van der Waals surface area contributed by atoms with Crippen molar-refractivity contribution >= 4 is 11.9 Å². The first-order chi connectivity index (χ1) is 14.9. The standard InChI is InChI=1S/C20H22F3N5O3/c21-20(22,23)17-9-14(26-19-24-10-25-28(17)19)13-3-5-27(6-4-13)18(29)8-12-1-2-15-16(7-12)31-11-30-15/h1-2,7,10,13-14,17H,3-6,8-9,11H2,(H,24,25,26)/t14-,17+/m0/s1. The van der Waals surface area contributed by atoms with Crippen molar-refractivity contribution in [1.29, 1.82) is 0 Å². The summed E-state index contributed by atoms with van der Waals surface area (Å²) < 4.78 is 52.1. The van der Waals surface area contributed by atoms with E-state index in [1.54, 1.807) is 11.0 Å². The number of hydrogen-bond acceptors (Lipinski definition) is 6. The highest BCUT2D eigenvalue weighted by molar-refractivity contribution is 5.79. The molecule has 0 saturated carbocycles. The molecule has 0 aliphatic carbocycles. The Kier molecular flexibility index (Phi) is 4.90. The van der Waals surface area contributed by atoms with Crippen molar-refractivity contribution in [3.63, 3.8) is 0 Å². The number of nitrogens with one attached hydrogen (secondary N) is 1. The molecular weight excluding hydrogens is 415 g/mol. The molecule has 2 atom stereocenters. The molecule has 3 aliphatic rings. The lowest BCUT2D eigenvalue weighted by Crippen LogP contribution is -2.47. The lowest BCUT2D eigenvalue weighted by molar-refractivity contribution is -0.174. The molecule has 0 bridgehead atoms. The highest BCUT2D eigenvalue weighted by Crippen LogP contribution is 2.41. The van der Waals surface area contributed by atoms with Crippen molar-refractivity contribution in [2.45, 2.75) is 43.9 Å². The molecule has 1 saturated heterocycles. The van der Waals surface area contributed by atoms with Crippen molar-refractivity contribution in [2.75, 3.05) is 25.2 Å². The molecule has 1 amide bonds. The molecule has 8 nitrogen and oxygen atoms in total. The Balaban J connectivity index is 1.19. The van der Waals surface area contributed by atoms with Gasteiger partial charge in [-0.05, 0) is 42.9 Å². The van der Waals surface area contributed by atoms with Gasteiger partial charge in [-0.15, -0.1) is 0 Å². The normalized spacial score (nSPS) is 23.4. The number of fused-ring (bicyclic) bond motifs is 2. The van der Waals surface area contributed by atoms with Crippen LogP contribution in [-0.4, -0.2) is 57.7 Å². The van der Waals surface area contributed by atoms with Crippen LogP contribution in [0.15, 0.2) is 24.5 Å². The van der Waals surface area contributed by atoms with E-state index >= 15 is 0 Å². The van der Waals surface area contributed by atoms with Gasteiger partial charge in [-0.3, -0.25) is 4.79 Å². The average molecular weight is 437 g/mol. The SMILES string of the molecule is O=C(Cc1ccc2c(c1)OCO2)N1CCC([C@@H]2C[C@H](C(F)(F)F)n3ncnc3N2)CC1. The molecule has 4 heterocycles. The molecule has 0 spiro atoms. The third-order valence-electron chi connectivity index (χ3n) is 6.29. The molecule has 31 heavy (non-hydrogen) atoms. The molecule has 166 valence electrons. The number of likely N-dealkylation sites (tertiary alicyclic amines) is 1. The zero-order valence-electron chi connectivity index (χ0n) is 16.6. The molecule has 0 radical (unpaired) electrons. The molecule has 0 unspecified atom stereocenters. The number of ether oxygens (including phenoxy) is 2. The summed E-state index contributed by atoms with van der Waals surface area (Å²) in [5.74, 6) is 1.50. The Morgan fingerprint density at radius 3 is 2.74 bits per heavy atom. The van der Waals surface area contributed by atoms with Crippen LogP contribution in [0.25, 0.3) is 0 Å². The molecule has 3 aliphatic heterocycles. The number of piperidine rings is 1. The summed E-state index contributed by atoms with van der Waals surface area (Å²) in [7, 11) is 0. The molecule has 1 aromatic heterocycles. The molecule has 2 aromatic rings. The molecule has 1 aromatic carbocycles. The number of nitrogens with zero attached hydrogens (tertiary/aromatic N) is 4. The highest BCUT2D eigenvalue weighted by Gasteiger charge is 2.48. The highest BCUT2D eigenvalue weighted by atomic mass is 19.4. The van der Waals surface area contributed by atoms with Gasteiger partial charge in [0.1, 0.15) is 6.33 Å². The maximum Gasteiger partial charge on any atom is 0.411 e. The first-order valence-electron chi connectivity index (χ1n) is 10.3. The van der Waals surface area contributed by atoms with Gasteiger partial charge in [0.25, 0.3) is 0 Å². The van der Waals surface area contributed by atoms with E-state index in [2.05, 4.69) is 15.4 Å². The number of aromatic nitrogens is 3. The predicted octanol–water partition coefficient (Wildman–Crippen LogP) is 2.78. The van der Waals surface area contributed by atoms with Crippen LogP contribution in [0.5, 0.6) is 11.5 Å². The number of carbonyl (C=O) groups is 1. The first kappa shape index (κ1) is 20.0. The number of carbonyl (C=O) groups excluding carboxylic acids is 1. The maximum atomic E-state index is 13.5. The number of alkyl halides is 3. The Hall–Kier alpha value is -2.98. The minimum atomic E-state index is -4.38. The average Bonchev–Trinajstić information content (AvgIpc) is 3.41. The predicted molar refractivity (Wildman–Crippen MR) is 103 cm³/mol. The maximum absolute atomic E-state index is 13.5. The van der Waals surface area contributed by atoms with Crippen LogP contribution in [0.1, 0.15) is 30.9 Å². The van der Waals surface area contributed by atoms with E-state index in [-0.39, 0.29) is 43.4 Å². The van der Waals surface area contributed by atoms with Crippen molar-refractivity contribution in [2.24, 2.45) is 5.92 Å². The van der Waals surface area contributed by atoms with Gasteiger partial charge in [0.05, 0.1) is 6.42 Å². The molecular formula is C20H22F3N5O3. The number of halogens is 3. The fourth-order valence-electron chi connectivity index (χ4n) is 4.62. The van der Waals surface area contributed by atoms with Gasteiger partial charge in [-0.2, -0.15) is 23.3 Å². The van der Waals surface area contributed by atoms with Crippen LogP contribution in [0.2, 0.25) is 0 Å². The number of benzene rings is 1. The van der Waals surface area contributed by atoms with Gasteiger partial charge in [0.2, 0.25) is 18.6 Å². The summed E-state index contributed by atoms with van der Waals surface area (Å²) in [6, 6.07) is 3.42. The zero-order valence-corrected chi connectivity index (χ0v) is 16.6. The Labute approximate surface area is 176 Å². The minimum Gasteiger partial charge on any atom is -0.454 e. The second kappa shape index (κ2) is 7.61. The second-order valence-corrected chi connectivity index (χ2v) is 8.15. The van der Waals surface area contributed by atoms with E-state index in [1.807, 2.05) is 12.1 Å². The van der Waals surface area contributed by atoms with Crippen molar-refractivity contribution in [3.05, 3.63) is 30.1 Å². The fourth-order valence-corrected chi connectivity index (χ4v) is 4.62. The molecule has 1 N–H and O–H groups in total. The quantitative estimate of drug-likeness (QED) is 0.796. The smallest absolute Gasteiger partial charge is 0.411 e. The van der Waals surface area contributed by atoms with E-state index < -0.39 is 12.2 Å². The van der Waals surface area contributed by atoms with E-state index in [0.717, 1.165) is 16.6 Å². The summed E-state index contributed by atoms with van der Waals surface area (Å²) in [6.07, 6.45) is -1.80. The molecule has 1 fully saturated rings. The molecule has 5 rings (SSSR count). The van der Waals surface area contributed by atoms with E-state index in [4.69, 9.17) is 9.47 Å². The third-order valence-corrected chi connectivity index (χ3v) is 6.29. The third kappa shape index (κ3) is 3.88. The number of amides is 1. The van der Waals surface area contributed by atoms with Crippen molar-refractivity contribution < 1.29 is 27.4 Å². The van der Waals surface area contributed by atoms with Gasteiger partial charge >= 0.3 is 6.18 Å². The molecule has 11 heteroatoms. The van der Waals surface area contributed by atoms with Crippen LogP contribution in [0, 0.1) is 5.92 Å². The number of hydrogen-bond donors (Lipinski definition) is 1. The topological polar surface area (TPSA) is 81.5 Å². The zero-order chi connectivity index (χ0) is 21.6. The lowest BCUT2D eigenvalue weighted by Gasteiger charge is -2.40. The largest absolute Gasteiger partial charge is 0.454 e. The van der Waals surface area contributed by atoms with E-state index in [1.165, 1.54) is 0 Å². The van der Waals surface area contributed by atoms with Gasteiger partial charge in [-0.1, -0.05) is 6.07 Å². The summed E-state index contributed by atoms with van der Waals surface area (Å²) in [6.45, 7) is 1.23. The summed E-state index contributed by atoms with van der Waals surface area (Å²) >= 11 is 0. The Morgan fingerprint density at radius 1 is 1.19 bits per heavy atom. The van der Waals surface area contributed by atoms with Gasteiger partial charge in [0.15, 0.2) is 17.5 Å². The fraction of sp³-hybridized carbons (Fsp3) is 0.550. The number of rotatable bonds is 3. The van der Waals surface area contributed by atoms with E-state index in [9.17, 15) is 18.0 Å². The number of anilines is 1. The Bertz CT molecular complexity index is 971. The van der Waals surface area contributed by atoms with Crippen molar-refractivity contribution in [1.82, 2.24) is 19.7 Å². The van der Waals surface area contributed by atoms with Crippen LogP contribution in [0.4, 0.5) is 19.1 Å². The van der Waals surface area contributed by atoms with Crippen molar-refractivity contribution in [3.8, 4) is 11.5 Å². The summed E-state index contributed by atoms with van der Waals surface area (Å²) in [5.41, 5.74) is 0.845. The van der Waals surface area contributed by atoms with Crippen LogP contribution < -0.4 is 14.8 Å². The summed E-state index contributed by atoms with van der Waals surface area (Å²) in [4.78, 5) is 18.5. The van der Waals surface area contributed by atoms with Crippen LogP contribution in [0.3, 0.4) is 0 Å². The Morgan fingerprint density at radius 2 is 1.97 bits per heavy atom. The first-order valence-corrected chi connectivity index (χ1v) is 10.3.